The molecule has 1 aromatic heterocycles. The third-order valence-corrected chi connectivity index (χ3v) is 2.37. The minimum atomic E-state index is -0.175. The summed E-state index contributed by atoms with van der Waals surface area (Å²) in [5.74, 6) is 1.59. The third kappa shape index (κ3) is 2.70. The molecular weight excluding hydrogens is 205 g/mol. The largest absolute Gasteiger partial charge is 0.465 e. The van der Waals surface area contributed by atoms with Crippen LogP contribution in [0.3, 0.4) is 0 Å². The lowest BCUT2D eigenvalue weighted by atomic mass is 10.2. The molecular formula is C13H14FNO. The molecule has 0 aliphatic carbocycles. The van der Waals surface area contributed by atoms with Crippen LogP contribution >= 0.6 is 0 Å². The molecule has 1 aromatic carbocycles. The van der Waals surface area contributed by atoms with Gasteiger partial charge in [-0.2, -0.15) is 0 Å². The molecule has 0 bridgehead atoms. The number of hydrogen-bond donors (Lipinski definition) is 1. The molecule has 1 heterocycles. The van der Waals surface area contributed by atoms with E-state index in [2.05, 4.69) is 5.32 Å². The number of nitrogens with one attached hydrogen (secondary N) is 1. The topological polar surface area (TPSA) is 25.2 Å². The summed E-state index contributed by atoms with van der Waals surface area (Å²) >= 11 is 0. The Labute approximate surface area is 94.1 Å². The second-order valence-corrected chi connectivity index (χ2v) is 3.71. The van der Waals surface area contributed by atoms with E-state index in [4.69, 9.17) is 4.42 Å². The van der Waals surface area contributed by atoms with E-state index in [9.17, 15) is 4.39 Å². The zero-order valence-corrected chi connectivity index (χ0v) is 9.16. The number of hydrogen-bond acceptors (Lipinski definition) is 2. The Kier molecular flexibility index (Phi) is 3.37. The van der Waals surface area contributed by atoms with Crippen molar-refractivity contribution in [1.82, 2.24) is 5.32 Å². The van der Waals surface area contributed by atoms with Gasteiger partial charge in [-0.3, -0.25) is 0 Å². The summed E-state index contributed by atoms with van der Waals surface area (Å²) in [5, 5.41) is 3.14. The van der Waals surface area contributed by atoms with Crippen LogP contribution < -0.4 is 5.32 Å². The summed E-state index contributed by atoms with van der Waals surface area (Å²) < 4.78 is 18.7. The summed E-state index contributed by atoms with van der Waals surface area (Å²) in [6, 6.07) is 10.6. The van der Waals surface area contributed by atoms with Gasteiger partial charge in [0.2, 0.25) is 0 Å². The number of benzene rings is 1. The highest BCUT2D eigenvalue weighted by Crippen LogP contribution is 2.08. The van der Waals surface area contributed by atoms with Crippen molar-refractivity contribution in [3.05, 3.63) is 59.3 Å². The third-order valence-electron chi connectivity index (χ3n) is 2.37. The second-order valence-electron chi connectivity index (χ2n) is 3.71. The van der Waals surface area contributed by atoms with E-state index in [1.54, 1.807) is 12.1 Å². The Hall–Kier alpha value is -1.61. The SMILES string of the molecule is Cc1ccc(CNCc2ccccc2F)o1. The van der Waals surface area contributed by atoms with Crippen molar-refractivity contribution >= 4 is 0 Å². The van der Waals surface area contributed by atoms with Crippen LogP contribution in [0.15, 0.2) is 40.8 Å². The molecule has 3 heteroatoms. The molecule has 0 aliphatic heterocycles. The van der Waals surface area contributed by atoms with Crippen molar-refractivity contribution in [3.8, 4) is 0 Å². The predicted molar refractivity (Wildman–Crippen MR) is 60.4 cm³/mol. The molecule has 16 heavy (non-hydrogen) atoms. The van der Waals surface area contributed by atoms with Gasteiger partial charge in [0.05, 0.1) is 6.54 Å². The van der Waals surface area contributed by atoms with Crippen molar-refractivity contribution in [2.24, 2.45) is 0 Å². The first-order valence-electron chi connectivity index (χ1n) is 5.25. The molecule has 0 amide bonds. The molecule has 0 unspecified atom stereocenters. The molecule has 2 aromatic rings. The number of aryl methyl sites for hydroxylation is 1. The Morgan fingerprint density at radius 2 is 1.94 bits per heavy atom. The van der Waals surface area contributed by atoms with E-state index in [1.165, 1.54) is 6.07 Å². The van der Waals surface area contributed by atoms with Gasteiger partial charge in [-0.1, -0.05) is 18.2 Å². The van der Waals surface area contributed by atoms with E-state index in [-0.39, 0.29) is 5.82 Å². The van der Waals surface area contributed by atoms with Crippen molar-refractivity contribution in [2.75, 3.05) is 0 Å². The summed E-state index contributed by atoms with van der Waals surface area (Å²) in [5.41, 5.74) is 0.672. The minimum absolute atomic E-state index is 0.175. The lowest BCUT2D eigenvalue weighted by Gasteiger charge is -2.03. The van der Waals surface area contributed by atoms with Crippen molar-refractivity contribution in [2.45, 2.75) is 20.0 Å². The van der Waals surface area contributed by atoms with Crippen LogP contribution in [0.1, 0.15) is 17.1 Å². The van der Waals surface area contributed by atoms with Crippen LogP contribution in [-0.4, -0.2) is 0 Å². The number of furan rings is 1. The van der Waals surface area contributed by atoms with Crippen LogP contribution in [-0.2, 0) is 13.1 Å². The summed E-state index contributed by atoms with van der Waals surface area (Å²) in [7, 11) is 0. The molecule has 0 radical (unpaired) electrons. The fraction of sp³-hybridized carbons (Fsp3) is 0.231. The summed E-state index contributed by atoms with van der Waals surface area (Å²) in [4.78, 5) is 0. The molecule has 0 saturated heterocycles. The van der Waals surface area contributed by atoms with Crippen LogP contribution in [0.4, 0.5) is 4.39 Å². The van der Waals surface area contributed by atoms with Crippen molar-refractivity contribution in [3.63, 3.8) is 0 Å². The first-order chi connectivity index (χ1) is 7.75. The summed E-state index contributed by atoms with van der Waals surface area (Å²) in [6.45, 7) is 3.02. The molecule has 2 nitrogen and oxygen atoms in total. The van der Waals surface area contributed by atoms with Gasteiger partial charge < -0.3 is 9.73 Å². The van der Waals surface area contributed by atoms with E-state index in [1.807, 2.05) is 25.1 Å². The second kappa shape index (κ2) is 4.94. The average molecular weight is 219 g/mol. The summed E-state index contributed by atoms with van der Waals surface area (Å²) in [6.07, 6.45) is 0. The standard InChI is InChI=1S/C13H14FNO/c1-10-6-7-12(16-10)9-15-8-11-4-2-3-5-13(11)14/h2-7,15H,8-9H2,1H3. The maximum atomic E-state index is 13.3. The lowest BCUT2D eigenvalue weighted by molar-refractivity contribution is 0.459. The van der Waals surface area contributed by atoms with E-state index in [0.29, 0.717) is 18.7 Å². The van der Waals surface area contributed by atoms with Crippen LogP contribution in [0.5, 0.6) is 0 Å². The highest BCUT2D eigenvalue weighted by molar-refractivity contribution is 5.17. The maximum Gasteiger partial charge on any atom is 0.127 e. The van der Waals surface area contributed by atoms with Gasteiger partial charge >= 0.3 is 0 Å². The molecule has 0 aliphatic rings. The molecule has 0 atom stereocenters. The van der Waals surface area contributed by atoms with Gasteiger partial charge in [0.25, 0.3) is 0 Å². The molecule has 0 fully saturated rings. The Morgan fingerprint density at radius 3 is 2.62 bits per heavy atom. The van der Waals surface area contributed by atoms with E-state index < -0.39 is 0 Å². The van der Waals surface area contributed by atoms with Crippen molar-refractivity contribution in [1.29, 1.82) is 0 Å². The van der Waals surface area contributed by atoms with Crippen molar-refractivity contribution < 1.29 is 8.81 Å². The van der Waals surface area contributed by atoms with Gasteiger partial charge in [0.15, 0.2) is 0 Å². The first-order valence-corrected chi connectivity index (χ1v) is 5.25. The monoisotopic (exact) mass is 219 g/mol. The zero-order valence-electron chi connectivity index (χ0n) is 9.16. The quantitative estimate of drug-likeness (QED) is 0.855. The Morgan fingerprint density at radius 1 is 1.12 bits per heavy atom. The lowest BCUT2D eigenvalue weighted by Crippen LogP contribution is -2.13. The van der Waals surface area contributed by atoms with Gasteiger partial charge in [0, 0.05) is 12.1 Å². The zero-order chi connectivity index (χ0) is 11.4. The van der Waals surface area contributed by atoms with Crippen LogP contribution in [0.2, 0.25) is 0 Å². The normalized spacial score (nSPS) is 10.6. The highest BCUT2D eigenvalue weighted by Gasteiger charge is 2.01. The predicted octanol–water partition coefficient (Wildman–Crippen LogP) is 3.02. The van der Waals surface area contributed by atoms with Gasteiger partial charge in [-0.05, 0) is 25.1 Å². The van der Waals surface area contributed by atoms with Gasteiger partial charge in [0.1, 0.15) is 17.3 Å². The first kappa shape index (κ1) is 10.9. The van der Waals surface area contributed by atoms with E-state index in [0.717, 1.165) is 11.5 Å². The fourth-order valence-electron chi connectivity index (χ4n) is 1.54. The molecule has 84 valence electrons. The molecule has 0 spiro atoms. The van der Waals surface area contributed by atoms with Crippen LogP contribution in [0.25, 0.3) is 0 Å². The molecule has 1 N–H and O–H groups in total. The molecule has 2 rings (SSSR count). The number of rotatable bonds is 4. The Bertz CT molecular complexity index is 464. The fourth-order valence-corrected chi connectivity index (χ4v) is 1.54. The van der Waals surface area contributed by atoms with E-state index >= 15 is 0 Å². The van der Waals surface area contributed by atoms with Crippen LogP contribution in [0, 0.1) is 12.7 Å². The Balaban J connectivity index is 1.87. The number of halogens is 1. The van der Waals surface area contributed by atoms with Gasteiger partial charge in [-0.15, -0.1) is 0 Å². The maximum absolute atomic E-state index is 13.3. The average Bonchev–Trinajstić information content (AvgIpc) is 2.67. The smallest absolute Gasteiger partial charge is 0.127 e. The van der Waals surface area contributed by atoms with Gasteiger partial charge in [-0.25, -0.2) is 4.39 Å². The highest BCUT2D eigenvalue weighted by atomic mass is 19.1. The minimum Gasteiger partial charge on any atom is -0.465 e. The molecule has 0 saturated carbocycles.